The van der Waals surface area contributed by atoms with Gasteiger partial charge in [-0.05, 0) is 13.0 Å². The number of rotatable bonds is 2. The summed E-state index contributed by atoms with van der Waals surface area (Å²) in [6.07, 6.45) is 0.553. The Balaban J connectivity index is 2.58. The van der Waals surface area contributed by atoms with Crippen molar-refractivity contribution in [2.24, 2.45) is 0 Å². The lowest BCUT2D eigenvalue weighted by atomic mass is 9.97. The van der Waals surface area contributed by atoms with Gasteiger partial charge in [-0.1, -0.05) is 5.92 Å². The Hall–Kier alpha value is -1.95. The van der Waals surface area contributed by atoms with Crippen LogP contribution in [0.3, 0.4) is 0 Å². The fraction of sp³-hybridized carbons (Fsp3) is 0.500. The number of anilines is 1. The second kappa shape index (κ2) is 4.86. The molecule has 0 saturated carbocycles. The average molecular weight is 283 g/mol. The number of alkyl halides is 1. The molecule has 2 rings (SSSR count). The summed E-state index contributed by atoms with van der Waals surface area (Å²) in [5, 5.41) is 18.9. The number of nitrogens with zero attached hydrogens (tertiary/aromatic N) is 2. The van der Waals surface area contributed by atoms with Crippen molar-refractivity contribution in [1.82, 2.24) is 9.55 Å². The van der Waals surface area contributed by atoms with Crippen molar-refractivity contribution in [1.29, 1.82) is 0 Å². The van der Waals surface area contributed by atoms with Crippen LogP contribution in [0.15, 0.2) is 10.9 Å². The van der Waals surface area contributed by atoms with Gasteiger partial charge in [0.05, 0.1) is 6.61 Å². The first-order chi connectivity index (χ1) is 9.35. The van der Waals surface area contributed by atoms with Gasteiger partial charge in [0.1, 0.15) is 18.0 Å². The van der Waals surface area contributed by atoms with Gasteiger partial charge in [-0.15, -0.1) is 6.42 Å². The maximum absolute atomic E-state index is 14.7. The van der Waals surface area contributed by atoms with Crippen molar-refractivity contribution >= 4 is 5.82 Å². The zero-order chi connectivity index (χ0) is 15.1. The van der Waals surface area contributed by atoms with Gasteiger partial charge in [0.25, 0.3) is 0 Å². The minimum atomic E-state index is -2.65. The zero-order valence-electron chi connectivity index (χ0n) is 10.7. The number of aromatic nitrogens is 2. The highest BCUT2D eigenvalue weighted by Crippen LogP contribution is 2.40. The summed E-state index contributed by atoms with van der Waals surface area (Å²) < 4.78 is 20.8. The summed E-state index contributed by atoms with van der Waals surface area (Å²) >= 11 is 0. The first-order valence-electron chi connectivity index (χ1n) is 5.82. The summed E-state index contributed by atoms with van der Waals surface area (Å²) in [5.41, 5.74) is 2.19. The van der Waals surface area contributed by atoms with Crippen molar-refractivity contribution in [2.45, 2.75) is 31.0 Å². The third-order valence-corrected chi connectivity index (χ3v) is 3.25. The fourth-order valence-corrected chi connectivity index (χ4v) is 2.22. The van der Waals surface area contributed by atoms with Crippen molar-refractivity contribution in [3.8, 4) is 12.3 Å². The Kier molecular flexibility index (Phi) is 3.52. The molecule has 1 saturated heterocycles. The second-order valence-corrected chi connectivity index (χ2v) is 4.54. The Labute approximate surface area is 113 Å². The largest absolute Gasteiger partial charge is 0.394 e. The van der Waals surface area contributed by atoms with Crippen LogP contribution in [0.5, 0.6) is 0 Å². The molecule has 108 valence electrons. The van der Waals surface area contributed by atoms with Gasteiger partial charge < -0.3 is 20.7 Å². The molecule has 1 aliphatic heterocycles. The van der Waals surface area contributed by atoms with E-state index in [-0.39, 0.29) is 11.5 Å². The third kappa shape index (κ3) is 1.96. The number of hydrogen-bond donors (Lipinski definition) is 3. The summed E-state index contributed by atoms with van der Waals surface area (Å²) in [4.78, 5) is 15.3. The van der Waals surface area contributed by atoms with Crippen LogP contribution < -0.4 is 11.4 Å². The Bertz CT molecular complexity index is 626. The Morgan fingerprint density at radius 1 is 1.75 bits per heavy atom. The van der Waals surface area contributed by atoms with E-state index in [0.29, 0.717) is 0 Å². The molecule has 1 unspecified atom stereocenters. The molecule has 1 aromatic rings. The number of aryl methyl sites for hydroxylation is 1. The number of terminal acetylenes is 1. The van der Waals surface area contributed by atoms with E-state index in [9.17, 15) is 14.3 Å². The first kappa shape index (κ1) is 14.5. The molecule has 8 heteroatoms. The maximum Gasteiger partial charge on any atom is 0.351 e. The van der Waals surface area contributed by atoms with Crippen LogP contribution in [0.1, 0.15) is 11.9 Å². The molecular weight excluding hydrogens is 269 g/mol. The minimum absolute atomic E-state index is 0.0221. The number of hydrogen-bond acceptors (Lipinski definition) is 6. The van der Waals surface area contributed by atoms with Gasteiger partial charge in [0, 0.05) is 5.69 Å². The van der Waals surface area contributed by atoms with E-state index in [1.54, 1.807) is 5.92 Å². The molecule has 0 radical (unpaired) electrons. The van der Waals surface area contributed by atoms with Crippen molar-refractivity contribution in [2.75, 3.05) is 12.3 Å². The minimum Gasteiger partial charge on any atom is -0.394 e. The number of aliphatic hydroxyl groups is 2. The SMILES string of the molecule is C#C[C@@]1(F)C(O)[C@@H](CO)O[C@H]1n1c(C)cc(N)nc1=O. The molecule has 4 N–H and O–H groups in total. The molecule has 1 fully saturated rings. The number of halogens is 1. The van der Waals surface area contributed by atoms with Crippen LogP contribution in [0, 0.1) is 19.3 Å². The molecule has 7 nitrogen and oxygen atoms in total. The standard InChI is InChI=1S/C12H14FN3O4/c1-3-12(13)9(18)7(5-17)20-10(12)16-6(2)4-8(14)15-11(16)19/h1,4,7,9-10,17-18H,5H2,2H3,(H2,14,15,19)/t7-,9?,10-,12-/m1/s1. The Morgan fingerprint density at radius 3 is 2.90 bits per heavy atom. The molecule has 2 heterocycles. The van der Waals surface area contributed by atoms with E-state index in [1.165, 1.54) is 13.0 Å². The highest BCUT2D eigenvalue weighted by Gasteiger charge is 2.57. The quantitative estimate of drug-likeness (QED) is 0.583. The lowest BCUT2D eigenvalue weighted by molar-refractivity contribution is -0.0551. The molecule has 0 bridgehead atoms. The van der Waals surface area contributed by atoms with E-state index in [4.69, 9.17) is 22.0 Å². The smallest absolute Gasteiger partial charge is 0.351 e. The second-order valence-electron chi connectivity index (χ2n) is 4.54. The molecule has 20 heavy (non-hydrogen) atoms. The van der Waals surface area contributed by atoms with Crippen molar-refractivity contribution in [3.63, 3.8) is 0 Å². The van der Waals surface area contributed by atoms with E-state index >= 15 is 0 Å². The average Bonchev–Trinajstić information content (AvgIpc) is 2.63. The lowest BCUT2D eigenvalue weighted by Gasteiger charge is -2.25. The number of aliphatic hydroxyl groups excluding tert-OH is 2. The van der Waals surface area contributed by atoms with Gasteiger partial charge in [-0.25, -0.2) is 9.18 Å². The van der Waals surface area contributed by atoms with Crippen LogP contribution in [-0.2, 0) is 4.74 Å². The zero-order valence-corrected chi connectivity index (χ0v) is 10.7. The van der Waals surface area contributed by atoms with Crippen LogP contribution in [0.2, 0.25) is 0 Å². The topological polar surface area (TPSA) is 111 Å². The Morgan fingerprint density at radius 2 is 2.40 bits per heavy atom. The van der Waals surface area contributed by atoms with Crippen molar-refractivity contribution in [3.05, 3.63) is 22.2 Å². The monoisotopic (exact) mass is 283 g/mol. The molecule has 0 aromatic carbocycles. The van der Waals surface area contributed by atoms with Gasteiger partial charge >= 0.3 is 5.69 Å². The highest BCUT2D eigenvalue weighted by atomic mass is 19.1. The van der Waals surface area contributed by atoms with Crippen LogP contribution in [-0.4, -0.2) is 44.2 Å². The van der Waals surface area contributed by atoms with Gasteiger partial charge in [0.2, 0.25) is 5.67 Å². The number of nitrogens with two attached hydrogens (primary N) is 1. The van der Waals surface area contributed by atoms with Gasteiger partial charge in [0.15, 0.2) is 6.23 Å². The lowest BCUT2D eigenvalue weighted by Crippen LogP contribution is -2.44. The highest BCUT2D eigenvalue weighted by molar-refractivity contribution is 5.29. The predicted octanol–water partition coefficient (Wildman–Crippen LogP) is -1.27. The predicted molar refractivity (Wildman–Crippen MR) is 67.3 cm³/mol. The van der Waals surface area contributed by atoms with Crippen LogP contribution >= 0.6 is 0 Å². The summed E-state index contributed by atoms with van der Waals surface area (Å²) in [6, 6.07) is 1.35. The molecule has 1 aliphatic rings. The van der Waals surface area contributed by atoms with E-state index in [0.717, 1.165) is 4.57 Å². The summed E-state index contributed by atoms with van der Waals surface area (Å²) in [5.74, 6) is 1.78. The summed E-state index contributed by atoms with van der Waals surface area (Å²) in [6.45, 7) is 0.861. The number of nitrogen functional groups attached to an aromatic ring is 1. The van der Waals surface area contributed by atoms with Gasteiger partial charge in [-0.2, -0.15) is 4.98 Å². The van der Waals surface area contributed by atoms with Crippen molar-refractivity contribution < 1.29 is 19.3 Å². The molecule has 0 aliphatic carbocycles. The number of ether oxygens (including phenoxy) is 1. The van der Waals surface area contributed by atoms with Crippen LogP contribution in [0.25, 0.3) is 0 Å². The summed E-state index contributed by atoms with van der Waals surface area (Å²) in [7, 11) is 0. The van der Waals surface area contributed by atoms with Gasteiger partial charge in [-0.3, -0.25) is 4.57 Å². The van der Waals surface area contributed by atoms with Crippen LogP contribution in [0.4, 0.5) is 10.2 Å². The molecule has 0 spiro atoms. The molecular formula is C12H14FN3O4. The first-order valence-corrected chi connectivity index (χ1v) is 5.82. The molecule has 0 amide bonds. The van der Waals surface area contributed by atoms with E-state index < -0.39 is 36.4 Å². The maximum atomic E-state index is 14.7. The molecule has 4 atom stereocenters. The normalized spacial score (nSPS) is 33.0. The fourth-order valence-electron chi connectivity index (χ4n) is 2.22. The molecule has 1 aromatic heterocycles. The third-order valence-electron chi connectivity index (χ3n) is 3.25. The van der Waals surface area contributed by atoms with E-state index in [2.05, 4.69) is 4.98 Å². The van der Waals surface area contributed by atoms with E-state index in [1.807, 2.05) is 0 Å².